The van der Waals surface area contributed by atoms with E-state index in [2.05, 4.69) is 30.6 Å². The largest absolute Gasteiger partial charge is 0.492 e. The Labute approximate surface area is 197 Å². The van der Waals surface area contributed by atoms with E-state index < -0.39 is 0 Å². The second-order valence-corrected chi connectivity index (χ2v) is 8.23. The second kappa shape index (κ2) is 9.20. The van der Waals surface area contributed by atoms with Gasteiger partial charge in [0.1, 0.15) is 5.75 Å². The molecule has 5 rings (SSSR count). The number of amides is 1. The Morgan fingerprint density at radius 1 is 1.03 bits per heavy atom. The molecule has 1 amide bonds. The zero-order chi connectivity index (χ0) is 23.5. The van der Waals surface area contributed by atoms with Crippen molar-refractivity contribution in [2.75, 3.05) is 17.2 Å². The molecule has 10 heteroatoms. The Morgan fingerprint density at radius 3 is 2.74 bits per heavy atom. The number of imidazole rings is 1. The maximum absolute atomic E-state index is 12.4. The highest BCUT2D eigenvalue weighted by Crippen LogP contribution is 2.27. The molecule has 3 aromatic heterocycles. The summed E-state index contributed by atoms with van der Waals surface area (Å²) in [6.07, 6.45) is 0. The third-order valence-electron chi connectivity index (χ3n) is 4.94. The van der Waals surface area contributed by atoms with Gasteiger partial charge in [-0.3, -0.25) is 19.9 Å². The van der Waals surface area contributed by atoms with Crippen LogP contribution in [0.1, 0.15) is 16.6 Å². The van der Waals surface area contributed by atoms with Gasteiger partial charge in [-0.1, -0.05) is 24.3 Å². The molecule has 4 N–H and O–H groups in total. The van der Waals surface area contributed by atoms with Gasteiger partial charge >= 0.3 is 0 Å². The van der Waals surface area contributed by atoms with E-state index in [0.29, 0.717) is 51.6 Å². The van der Waals surface area contributed by atoms with E-state index in [1.54, 1.807) is 6.07 Å². The topological polar surface area (TPSA) is 125 Å². The highest BCUT2D eigenvalue weighted by molar-refractivity contribution is 7.12. The Bertz CT molecular complexity index is 1520. The third-order valence-corrected chi connectivity index (χ3v) is 5.81. The van der Waals surface area contributed by atoms with Crippen molar-refractivity contribution in [2.45, 2.75) is 6.92 Å². The summed E-state index contributed by atoms with van der Waals surface area (Å²) in [5.41, 5.74) is 2.97. The first kappa shape index (κ1) is 21.4. The van der Waals surface area contributed by atoms with E-state index in [1.807, 2.05) is 60.8 Å². The van der Waals surface area contributed by atoms with E-state index in [0.717, 1.165) is 5.52 Å². The number of hydrogen-bond acceptors (Lipinski definition) is 7. The number of aromatic amines is 2. The predicted molar refractivity (Wildman–Crippen MR) is 133 cm³/mol. The number of H-pyrrole nitrogens is 2. The second-order valence-electron chi connectivity index (χ2n) is 7.28. The smallest absolute Gasteiger partial charge is 0.268 e. The molecule has 5 aromatic rings. The van der Waals surface area contributed by atoms with Crippen LogP contribution in [0.3, 0.4) is 0 Å². The Morgan fingerprint density at radius 2 is 1.91 bits per heavy atom. The average molecular weight is 473 g/mol. The van der Waals surface area contributed by atoms with Crippen molar-refractivity contribution in [2.24, 2.45) is 0 Å². The maximum Gasteiger partial charge on any atom is 0.268 e. The summed E-state index contributed by atoms with van der Waals surface area (Å²) in [6.45, 7) is 2.42. The lowest BCUT2D eigenvalue weighted by molar-refractivity contribution is 0.103. The van der Waals surface area contributed by atoms with E-state index >= 15 is 0 Å². The number of carbonyl (C=O) groups is 1. The van der Waals surface area contributed by atoms with Gasteiger partial charge in [0.05, 0.1) is 33.9 Å². The number of ether oxygens (including phenoxy) is 1. The number of rotatable bonds is 7. The number of anilines is 3. The van der Waals surface area contributed by atoms with Gasteiger partial charge in [0.15, 0.2) is 0 Å². The number of carbonyl (C=O) groups excluding carboxylic acids is 1. The minimum Gasteiger partial charge on any atom is -0.492 e. The van der Waals surface area contributed by atoms with Crippen molar-refractivity contribution in [3.63, 3.8) is 0 Å². The van der Waals surface area contributed by atoms with Gasteiger partial charge in [0.2, 0.25) is 11.9 Å². The number of fused-ring (bicyclic) bond motifs is 1. The first-order valence-corrected chi connectivity index (χ1v) is 11.4. The molecular weight excluding hydrogens is 452 g/mol. The fourth-order valence-corrected chi connectivity index (χ4v) is 4.06. The molecule has 0 aliphatic carbocycles. The average Bonchev–Trinajstić information content (AvgIpc) is 3.49. The SMILES string of the molecule is CCOc1ccccc1Nc1nc(-c2ccc3[nH]c(NC(=O)c4cccs4)nc3c2)cc(=O)[nH]1. The highest BCUT2D eigenvalue weighted by Gasteiger charge is 2.12. The van der Waals surface area contributed by atoms with Crippen LogP contribution >= 0.6 is 11.3 Å². The van der Waals surface area contributed by atoms with Gasteiger partial charge < -0.3 is 15.0 Å². The molecule has 0 aliphatic heterocycles. The van der Waals surface area contributed by atoms with Crippen molar-refractivity contribution in [3.05, 3.63) is 81.3 Å². The molecule has 0 radical (unpaired) electrons. The van der Waals surface area contributed by atoms with Gasteiger partial charge in [0, 0.05) is 11.6 Å². The van der Waals surface area contributed by atoms with Crippen LogP contribution in [-0.2, 0) is 0 Å². The summed E-state index contributed by atoms with van der Waals surface area (Å²) in [7, 11) is 0. The molecule has 0 spiro atoms. The quantitative estimate of drug-likeness (QED) is 0.270. The molecular formula is C24H20N6O3S. The minimum atomic E-state index is -0.299. The van der Waals surface area contributed by atoms with E-state index in [4.69, 9.17) is 4.74 Å². The minimum absolute atomic E-state index is 0.228. The van der Waals surface area contributed by atoms with E-state index in [-0.39, 0.29) is 11.5 Å². The molecule has 3 heterocycles. The number of aromatic nitrogens is 4. The van der Waals surface area contributed by atoms with Crippen molar-refractivity contribution < 1.29 is 9.53 Å². The van der Waals surface area contributed by atoms with Crippen molar-refractivity contribution >= 4 is 45.9 Å². The molecule has 34 heavy (non-hydrogen) atoms. The molecule has 0 fully saturated rings. The fourth-order valence-electron chi connectivity index (χ4n) is 3.44. The molecule has 0 saturated heterocycles. The number of benzene rings is 2. The van der Waals surface area contributed by atoms with Crippen molar-refractivity contribution in [1.29, 1.82) is 0 Å². The van der Waals surface area contributed by atoms with Gasteiger partial charge in [-0.05, 0) is 42.6 Å². The van der Waals surface area contributed by atoms with Gasteiger partial charge in [-0.15, -0.1) is 11.3 Å². The van der Waals surface area contributed by atoms with Crippen molar-refractivity contribution in [1.82, 2.24) is 19.9 Å². The number of nitrogens with one attached hydrogen (secondary N) is 4. The van der Waals surface area contributed by atoms with Crippen LogP contribution in [0.4, 0.5) is 17.6 Å². The number of nitrogens with zero attached hydrogens (tertiary/aromatic N) is 2. The number of thiophene rings is 1. The Balaban J connectivity index is 1.43. The molecule has 0 saturated carbocycles. The van der Waals surface area contributed by atoms with Gasteiger partial charge in [-0.25, -0.2) is 9.97 Å². The standard InChI is InChI=1S/C24H20N6O3S/c1-2-33-19-7-4-3-6-16(19)26-23-27-17(13-21(31)29-23)14-9-10-15-18(12-14)28-24(25-15)30-22(32)20-8-5-11-34-20/h3-13H,2H2,1H3,(H2,25,28,30,32)(H2,26,27,29,31). The Hall–Kier alpha value is -4.44. The van der Waals surface area contributed by atoms with Crippen LogP contribution in [0, 0.1) is 0 Å². The number of hydrogen-bond donors (Lipinski definition) is 4. The normalized spacial score (nSPS) is 10.9. The molecule has 0 unspecified atom stereocenters. The fraction of sp³-hybridized carbons (Fsp3) is 0.0833. The van der Waals surface area contributed by atoms with Crippen LogP contribution in [0.15, 0.2) is 70.8 Å². The lowest BCUT2D eigenvalue weighted by atomic mass is 10.1. The summed E-state index contributed by atoms with van der Waals surface area (Å²) < 4.78 is 5.63. The third kappa shape index (κ3) is 4.52. The summed E-state index contributed by atoms with van der Waals surface area (Å²) >= 11 is 1.36. The van der Waals surface area contributed by atoms with Gasteiger partial charge in [-0.2, -0.15) is 0 Å². The lowest BCUT2D eigenvalue weighted by Crippen LogP contribution is -2.11. The molecule has 170 valence electrons. The van der Waals surface area contributed by atoms with Crippen molar-refractivity contribution in [3.8, 4) is 17.0 Å². The zero-order valence-corrected chi connectivity index (χ0v) is 18.9. The summed E-state index contributed by atoms with van der Waals surface area (Å²) in [4.78, 5) is 40.1. The first-order chi connectivity index (χ1) is 16.6. The molecule has 0 aliphatic rings. The molecule has 9 nitrogen and oxygen atoms in total. The Kier molecular flexibility index (Phi) is 5.79. The molecule has 0 atom stereocenters. The zero-order valence-electron chi connectivity index (χ0n) is 18.1. The van der Waals surface area contributed by atoms with Crippen LogP contribution in [0.25, 0.3) is 22.3 Å². The monoisotopic (exact) mass is 472 g/mol. The van der Waals surface area contributed by atoms with Crippen LogP contribution < -0.4 is 20.9 Å². The summed E-state index contributed by atoms with van der Waals surface area (Å²) in [5, 5.41) is 7.73. The van der Waals surface area contributed by atoms with Crippen LogP contribution in [0.5, 0.6) is 5.75 Å². The number of para-hydroxylation sites is 2. The van der Waals surface area contributed by atoms with E-state index in [1.165, 1.54) is 17.4 Å². The lowest BCUT2D eigenvalue weighted by Gasteiger charge is -2.12. The summed E-state index contributed by atoms with van der Waals surface area (Å²) in [6, 6.07) is 17.9. The molecule has 2 aromatic carbocycles. The highest BCUT2D eigenvalue weighted by atomic mass is 32.1. The predicted octanol–water partition coefficient (Wildman–Crippen LogP) is 4.77. The van der Waals surface area contributed by atoms with E-state index in [9.17, 15) is 9.59 Å². The first-order valence-electron chi connectivity index (χ1n) is 10.5. The van der Waals surface area contributed by atoms with Crippen LogP contribution in [0.2, 0.25) is 0 Å². The summed E-state index contributed by atoms with van der Waals surface area (Å²) in [5.74, 6) is 1.07. The van der Waals surface area contributed by atoms with Crippen LogP contribution in [-0.4, -0.2) is 32.4 Å². The van der Waals surface area contributed by atoms with Gasteiger partial charge in [0.25, 0.3) is 11.5 Å². The maximum atomic E-state index is 12.4. The molecule has 0 bridgehead atoms.